The third-order valence-electron chi connectivity index (χ3n) is 4.82. The Labute approximate surface area is 180 Å². The Morgan fingerprint density at radius 1 is 1.13 bits per heavy atom. The summed E-state index contributed by atoms with van der Waals surface area (Å²) >= 11 is 1.31. The maximum absolute atomic E-state index is 12.6. The fourth-order valence-electron chi connectivity index (χ4n) is 2.91. The molecule has 1 aromatic heterocycles. The minimum Gasteiger partial charge on any atom is -0.496 e. The van der Waals surface area contributed by atoms with Gasteiger partial charge < -0.3 is 10.1 Å². The highest BCUT2D eigenvalue weighted by Gasteiger charge is 2.16. The zero-order valence-corrected chi connectivity index (χ0v) is 18.3. The van der Waals surface area contributed by atoms with E-state index in [0.29, 0.717) is 17.3 Å². The molecule has 7 heteroatoms. The molecular formula is C23H25N3O3S. The van der Waals surface area contributed by atoms with Crippen molar-refractivity contribution in [1.82, 2.24) is 15.1 Å². The number of carbonyl (C=O) groups excluding carboxylic acids is 1. The molecule has 0 bridgehead atoms. The van der Waals surface area contributed by atoms with Gasteiger partial charge in [0.05, 0.1) is 18.0 Å². The molecule has 0 unspecified atom stereocenters. The van der Waals surface area contributed by atoms with Crippen LogP contribution in [0.3, 0.4) is 0 Å². The molecule has 3 rings (SSSR count). The molecule has 1 heterocycles. The van der Waals surface area contributed by atoms with Crippen LogP contribution >= 0.6 is 11.8 Å². The molecular weight excluding hydrogens is 398 g/mol. The molecule has 6 nitrogen and oxygen atoms in total. The van der Waals surface area contributed by atoms with Crippen molar-refractivity contribution >= 4 is 17.7 Å². The number of ether oxygens (including phenoxy) is 1. The van der Waals surface area contributed by atoms with Gasteiger partial charge in [-0.3, -0.25) is 9.59 Å². The lowest BCUT2D eigenvalue weighted by molar-refractivity contribution is -0.120. The number of para-hydroxylation sites is 1. The van der Waals surface area contributed by atoms with Gasteiger partial charge in [0.25, 0.3) is 5.56 Å². The number of thioether (sulfide) groups is 1. The highest BCUT2D eigenvalue weighted by molar-refractivity contribution is 8.00. The monoisotopic (exact) mass is 423 g/mol. The van der Waals surface area contributed by atoms with Gasteiger partial charge in [0.2, 0.25) is 5.91 Å². The zero-order valence-electron chi connectivity index (χ0n) is 17.5. The van der Waals surface area contributed by atoms with E-state index < -0.39 is 0 Å². The third-order valence-corrected chi connectivity index (χ3v) is 5.85. The number of aryl methyl sites for hydroxylation is 2. The second-order valence-corrected chi connectivity index (χ2v) is 8.34. The molecule has 0 saturated carbocycles. The lowest BCUT2D eigenvalue weighted by Gasteiger charge is -2.14. The predicted molar refractivity (Wildman–Crippen MR) is 119 cm³/mol. The Bertz CT molecular complexity index is 1110. The number of nitrogens with one attached hydrogen (secondary N) is 1. The van der Waals surface area contributed by atoms with Gasteiger partial charge in [-0.25, -0.2) is 0 Å². The van der Waals surface area contributed by atoms with Crippen LogP contribution < -0.4 is 15.6 Å². The molecule has 0 radical (unpaired) electrons. The summed E-state index contributed by atoms with van der Waals surface area (Å²) in [4.78, 5) is 24.9. The van der Waals surface area contributed by atoms with Gasteiger partial charge in [0.1, 0.15) is 10.8 Å². The summed E-state index contributed by atoms with van der Waals surface area (Å²) in [6.07, 6.45) is 0. The maximum atomic E-state index is 12.6. The normalized spacial score (nSPS) is 11.7. The number of aromatic nitrogens is 2. The first-order chi connectivity index (χ1) is 14.4. The van der Waals surface area contributed by atoms with E-state index in [1.807, 2.05) is 63.2 Å². The molecule has 1 atom stereocenters. The summed E-state index contributed by atoms with van der Waals surface area (Å²) in [5.41, 5.74) is 3.64. The Balaban J connectivity index is 1.70. The number of hydrogen-bond donors (Lipinski definition) is 1. The number of benzene rings is 2. The van der Waals surface area contributed by atoms with Gasteiger partial charge in [-0.2, -0.15) is 9.78 Å². The smallest absolute Gasteiger partial charge is 0.271 e. The first kappa shape index (κ1) is 21.6. The van der Waals surface area contributed by atoms with Crippen molar-refractivity contribution in [3.63, 3.8) is 0 Å². The van der Waals surface area contributed by atoms with Crippen molar-refractivity contribution in [3.05, 3.63) is 81.6 Å². The van der Waals surface area contributed by atoms with Crippen LogP contribution in [0.1, 0.15) is 23.6 Å². The fraction of sp³-hybridized carbons (Fsp3) is 0.261. The Hall–Kier alpha value is -3.06. The zero-order chi connectivity index (χ0) is 21.7. The molecule has 30 heavy (non-hydrogen) atoms. The number of amides is 1. The quantitative estimate of drug-likeness (QED) is 0.587. The van der Waals surface area contributed by atoms with E-state index >= 15 is 0 Å². The van der Waals surface area contributed by atoms with Crippen LogP contribution in [0.2, 0.25) is 0 Å². The van der Waals surface area contributed by atoms with E-state index in [1.165, 1.54) is 22.5 Å². The molecule has 0 aliphatic rings. The molecule has 3 aromatic rings. The van der Waals surface area contributed by atoms with Crippen LogP contribution in [-0.2, 0) is 11.3 Å². The third kappa shape index (κ3) is 5.10. The first-order valence-corrected chi connectivity index (χ1v) is 10.5. The summed E-state index contributed by atoms with van der Waals surface area (Å²) in [5.74, 6) is 0.622. The second kappa shape index (κ2) is 9.63. The molecule has 156 valence electrons. The van der Waals surface area contributed by atoms with Gasteiger partial charge in [-0.05, 0) is 56.2 Å². The molecule has 0 saturated heterocycles. The molecule has 0 aliphatic carbocycles. The van der Waals surface area contributed by atoms with E-state index in [-0.39, 0.29) is 16.7 Å². The SMILES string of the molecule is COc1ccccc1CNC(=O)[C@H](C)Sc1ccc(=O)n(-c2ccc(C)c(C)c2)n1. The topological polar surface area (TPSA) is 73.2 Å². The van der Waals surface area contributed by atoms with Gasteiger partial charge in [-0.15, -0.1) is 0 Å². The molecule has 1 amide bonds. The minimum absolute atomic E-state index is 0.114. The van der Waals surface area contributed by atoms with E-state index in [2.05, 4.69) is 10.4 Å². The van der Waals surface area contributed by atoms with Gasteiger partial charge in [-0.1, -0.05) is 36.0 Å². The number of nitrogens with zero attached hydrogens (tertiary/aromatic N) is 2. The average molecular weight is 424 g/mol. The molecule has 1 N–H and O–H groups in total. The van der Waals surface area contributed by atoms with E-state index in [1.54, 1.807) is 13.2 Å². The van der Waals surface area contributed by atoms with Crippen molar-refractivity contribution in [3.8, 4) is 11.4 Å². The minimum atomic E-state index is -0.377. The van der Waals surface area contributed by atoms with E-state index in [9.17, 15) is 9.59 Å². The maximum Gasteiger partial charge on any atom is 0.271 e. The lowest BCUT2D eigenvalue weighted by Crippen LogP contribution is -2.31. The van der Waals surface area contributed by atoms with Gasteiger partial charge in [0.15, 0.2) is 0 Å². The Morgan fingerprint density at radius 2 is 1.90 bits per heavy atom. The predicted octanol–water partition coefficient (Wildman–Crippen LogP) is 3.65. The summed E-state index contributed by atoms with van der Waals surface area (Å²) in [6, 6.07) is 16.5. The summed E-state index contributed by atoms with van der Waals surface area (Å²) in [5, 5.41) is 7.60. The average Bonchev–Trinajstić information content (AvgIpc) is 2.75. The van der Waals surface area contributed by atoms with Crippen molar-refractivity contribution in [2.75, 3.05) is 7.11 Å². The van der Waals surface area contributed by atoms with Crippen molar-refractivity contribution in [2.45, 2.75) is 37.6 Å². The highest BCUT2D eigenvalue weighted by Crippen LogP contribution is 2.22. The van der Waals surface area contributed by atoms with E-state index in [4.69, 9.17) is 4.74 Å². The Morgan fingerprint density at radius 3 is 2.63 bits per heavy atom. The number of rotatable bonds is 7. The number of hydrogen-bond acceptors (Lipinski definition) is 5. The first-order valence-electron chi connectivity index (χ1n) is 9.63. The second-order valence-electron chi connectivity index (χ2n) is 6.98. The lowest BCUT2D eigenvalue weighted by atomic mass is 10.1. The Kier molecular flexibility index (Phi) is 6.95. The molecule has 0 spiro atoms. The highest BCUT2D eigenvalue weighted by atomic mass is 32.2. The van der Waals surface area contributed by atoms with Crippen LogP contribution in [0.5, 0.6) is 5.75 Å². The van der Waals surface area contributed by atoms with Crippen molar-refractivity contribution < 1.29 is 9.53 Å². The van der Waals surface area contributed by atoms with Gasteiger partial charge in [0, 0.05) is 18.2 Å². The summed E-state index contributed by atoms with van der Waals surface area (Å²) in [6.45, 7) is 6.21. The summed E-state index contributed by atoms with van der Waals surface area (Å²) in [7, 11) is 1.61. The van der Waals surface area contributed by atoms with Crippen molar-refractivity contribution in [2.24, 2.45) is 0 Å². The van der Waals surface area contributed by atoms with Crippen LogP contribution in [0.4, 0.5) is 0 Å². The van der Waals surface area contributed by atoms with Crippen LogP contribution in [-0.4, -0.2) is 28.0 Å². The molecule has 0 fully saturated rings. The van der Waals surface area contributed by atoms with Crippen LogP contribution in [0.25, 0.3) is 5.69 Å². The van der Waals surface area contributed by atoms with Gasteiger partial charge >= 0.3 is 0 Å². The largest absolute Gasteiger partial charge is 0.496 e. The standard InChI is InChI=1S/C23H25N3O3S/c1-15-9-10-19(13-16(15)2)26-22(27)12-11-21(25-26)30-17(3)23(28)24-14-18-7-5-6-8-20(18)29-4/h5-13,17H,14H2,1-4H3,(H,24,28)/t17-/m0/s1. The number of methoxy groups -OCH3 is 1. The van der Waals surface area contributed by atoms with Crippen LogP contribution in [0.15, 0.2) is 64.4 Å². The molecule has 2 aromatic carbocycles. The van der Waals surface area contributed by atoms with Crippen molar-refractivity contribution in [1.29, 1.82) is 0 Å². The number of carbonyl (C=O) groups is 1. The van der Waals surface area contributed by atoms with E-state index in [0.717, 1.165) is 22.4 Å². The summed E-state index contributed by atoms with van der Waals surface area (Å²) < 4.78 is 6.69. The van der Waals surface area contributed by atoms with Crippen LogP contribution in [0, 0.1) is 13.8 Å². The fourth-order valence-corrected chi connectivity index (χ4v) is 3.74. The molecule has 0 aliphatic heterocycles.